The van der Waals surface area contributed by atoms with E-state index in [9.17, 15) is 0 Å². The Balaban J connectivity index is 1.84. The Morgan fingerprint density at radius 2 is 1.74 bits per heavy atom. The van der Waals surface area contributed by atoms with Crippen LogP contribution in [-0.2, 0) is 0 Å². The highest BCUT2D eigenvalue weighted by Crippen LogP contribution is 2.32. The minimum absolute atomic E-state index is 0.777. The van der Waals surface area contributed by atoms with Crippen LogP contribution in [0.3, 0.4) is 0 Å². The standard InChI is InChI=1S/C18H10N4S/c1-2-5-12-11(4-1)7-9-20-15(12)13-10-21-18-17(22-13)16-14(23-18)6-3-8-19-16/h1-10H. The van der Waals surface area contributed by atoms with Gasteiger partial charge >= 0.3 is 0 Å². The summed E-state index contributed by atoms with van der Waals surface area (Å²) in [6.45, 7) is 0. The Morgan fingerprint density at radius 1 is 0.783 bits per heavy atom. The fraction of sp³-hybridized carbons (Fsp3) is 0. The van der Waals surface area contributed by atoms with Crippen LogP contribution in [0.15, 0.2) is 61.1 Å². The molecule has 0 saturated carbocycles. The Hall–Kier alpha value is -2.92. The molecule has 0 saturated heterocycles. The van der Waals surface area contributed by atoms with Crippen LogP contribution < -0.4 is 0 Å². The second-order valence-electron chi connectivity index (χ2n) is 5.24. The summed E-state index contributed by atoms with van der Waals surface area (Å²) in [4.78, 5) is 19.3. The van der Waals surface area contributed by atoms with Crippen LogP contribution in [0.2, 0.25) is 0 Å². The first-order chi connectivity index (χ1) is 11.4. The summed E-state index contributed by atoms with van der Waals surface area (Å²) in [6, 6.07) is 14.2. The van der Waals surface area contributed by atoms with E-state index in [2.05, 4.69) is 27.1 Å². The van der Waals surface area contributed by atoms with Crippen molar-refractivity contribution in [3.05, 3.63) is 61.1 Å². The van der Waals surface area contributed by atoms with E-state index in [1.165, 1.54) is 0 Å². The molecule has 0 N–H and O–H groups in total. The zero-order valence-corrected chi connectivity index (χ0v) is 12.8. The van der Waals surface area contributed by atoms with Crippen molar-refractivity contribution in [1.82, 2.24) is 19.9 Å². The molecule has 5 rings (SSSR count). The van der Waals surface area contributed by atoms with Gasteiger partial charge in [-0.05, 0) is 23.6 Å². The number of thiophene rings is 1. The van der Waals surface area contributed by atoms with Crippen LogP contribution in [0, 0.1) is 0 Å². The van der Waals surface area contributed by atoms with Gasteiger partial charge in [-0.2, -0.15) is 0 Å². The van der Waals surface area contributed by atoms with Crippen molar-refractivity contribution < 1.29 is 0 Å². The molecule has 108 valence electrons. The first-order valence-corrected chi connectivity index (χ1v) is 8.06. The normalized spacial score (nSPS) is 11.5. The molecule has 23 heavy (non-hydrogen) atoms. The SMILES string of the molecule is c1ccc2c(-c3cnc4sc5cccnc5c4n3)nccc2c1. The van der Waals surface area contributed by atoms with Gasteiger partial charge in [0.05, 0.1) is 16.6 Å². The Kier molecular flexibility index (Phi) is 2.63. The van der Waals surface area contributed by atoms with Crippen molar-refractivity contribution in [3.8, 4) is 11.4 Å². The molecule has 0 amide bonds. The summed E-state index contributed by atoms with van der Waals surface area (Å²) in [6.07, 6.45) is 5.40. The lowest BCUT2D eigenvalue weighted by Gasteiger charge is -2.04. The number of pyridine rings is 2. The molecular weight excluding hydrogens is 304 g/mol. The molecule has 5 heteroatoms. The smallest absolute Gasteiger partial charge is 0.144 e. The maximum absolute atomic E-state index is 4.81. The van der Waals surface area contributed by atoms with Crippen LogP contribution in [0.25, 0.3) is 42.7 Å². The summed E-state index contributed by atoms with van der Waals surface area (Å²) in [5.41, 5.74) is 3.38. The summed E-state index contributed by atoms with van der Waals surface area (Å²) in [5.74, 6) is 0. The highest BCUT2D eigenvalue weighted by Gasteiger charge is 2.12. The molecule has 1 aromatic carbocycles. The van der Waals surface area contributed by atoms with Crippen molar-refractivity contribution in [2.75, 3.05) is 0 Å². The third-order valence-electron chi connectivity index (χ3n) is 3.86. The number of nitrogens with zero attached hydrogens (tertiary/aromatic N) is 4. The van der Waals surface area contributed by atoms with Crippen LogP contribution in [0.5, 0.6) is 0 Å². The molecule has 0 unspecified atom stereocenters. The van der Waals surface area contributed by atoms with Crippen LogP contribution >= 0.6 is 11.3 Å². The molecule has 0 radical (unpaired) electrons. The monoisotopic (exact) mass is 314 g/mol. The third-order valence-corrected chi connectivity index (χ3v) is 4.90. The van der Waals surface area contributed by atoms with Crippen molar-refractivity contribution in [1.29, 1.82) is 0 Å². The predicted octanol–water partition coefficient (Wildman–Crippen LogP) is 4.45. The van der Waals surface area contributed by atoms with Gasteiger partial charge in [0.2, 0.25) is 0 Å². The average Bonchev–Trinajstić information content (AvgIpc) is 2.99. The number of benzene rings is 1. The first kappa shape index (κ1) is 12.6. The van der Waals surface area contributed by atoms with E-state index in [4.69, 9.17) is 4.98 Å². The Bertz CT molecular complexity index is 1170. The fourth-order valence-corrected chi connectivity index (χ4v) is 3.75. The number of hydrogen-bond acceptors (Lipinski definition) is 5. The highest BCUT2D eigenvalue weighted by molar-refractivity contribution is 7.25. The van der Waals surface area contributed by atoms with Crippen LogP contribution in [-0.4, -0.2) is 19.9 Å². The van der Waals surface area contributed by atoms with E-state index in [1.807, 2.05) is 36.5 Å². The van der Waals surface area contributed by atoms with E-state index in [0.717, 1.165) is 42.7 Å². The molecule has 0 fully saturated rings. The molecule has 0 atom stereocenters. The zero-order valence-electron chi connectivity index (χ0n) is 12.0. The summed E-state index contributed by atoms with van der Waals surface area (Å²) < 4.78 is 1.10. The van der Waals surface area contributed by atoms with Gasteiger partial charge in [-0.3, -0.25) is 9.97 Å². The molecule has 0 aliphatic heterocycles. The molecule has 0 aliphatic rings. The number of rotatable bonds is 1. The molecule has 4 heterocycles. The average molecular weight is 314 g/mol. The Morgan fingerprint density at radius 3 is 2.74 bits per heavy atom. The topological polar surface area (TPSA) is 51.6 Å². The lowest BCUT2D eigenvalue weighted by atomic mass is 10.1. The maximum Gasteiger partial charge on any atom is 0.144 e. The lowest BCUT2D eigenvalue weighted by Crippen LogP contribution is -1.91. The maximum atomic E-state index is 4.81. The number of fused-ring (bicyclic) bond motifs is 4. The molecule has 5 aromatic rings. The van der Waals surface area contributed by atoms with E-state index >= 15 is 0 Å². The van der Waals surface area contributed by atoms with E-state index < -0.39 is 0 Å². The molecule has 4 nitrogen and oxygen atoms in total. The quantitative estimate of drug-likeness (QED) is 0.458. The van der Waals surface area contributed by atoms with Crippen molar-refractivity contribution >= 4 is 42.7 Å². The molecule has 0 aliphatic carbocycles. The van der Waals surface area contributed by atoms with Gasteiger partial charge in [0.25, 0.3) is 0 Å². The van der Waals surface area contributed by atoms with Gasteiger partial charge in [0.1, 0.15) is 21.6 Å². The summed E-state index contributed by atoms with van der Waals surface area (Å²) in [7, 11) is 0. The van der Waals surface area contributed by atoms with Crippen molar-refractivity contribution in [3.63, 3.8) is 0 Å². The van der Waals surface area contributed by atoms with Gasteiger partial charge in [-0.15, -0.1) is 11.3 Å². The molecule has 0 bridgehead atoms. The first-order valence-electron chi connectivity index (χ1n) is 7.24. The highest BCUT2D eigenvalue weighted by atomic mass is 32.1. The van der Waals surface area contributed by atoms with Gasteiger partial charge in [0.15, 0.2) is 0 Å². The molecular formula is C18H10N4S. The second kappa shape index (κ2) is 4.79. The molecule has 0 spiro atoms. The molecule has 4 aromatic heterocycles. The van der Waals surface area contributed by atoms with E-state index in [1.54, 1.807) is 23.7 Å². The van der Waals surface area contributed by atoms with Crippen molar-refractivity contribution in [2.45, 2.75) is 0 Å². The lowest BCUT2D eigenvalue weighted by molar-refractivity contribution is 1.26. The van der Waals surface area contributed by atoms with E-state index in [0.29, 0.717) is 0 Å². The number of aromatic nitrogens is 4. The largest absolute Gasteiger partial charge is 0.254 e. The van der Waals surface area contributed by atoms with E-state index in [-0.39, 0.29) is 0 Å². The zero-order chi connectivity index (χ0) is 15.2. The minimum Gasteiger partial charge on any atom is -0.254 e. The predicted molar refractivity (Wildman–Crippen MR) is 93.5 cm³/mol. The fourth-order valence-electron chi connectivity index (χ4n) is 2.80. The van der Waals surface area contributed by atoms with Gasteiger partial charge in [-0.1, -0.05) is 24.3 Å². The Labute approximate surface area is 135 Å². The minimum atomic E-state index is 0.777. The van der Waals surface area contributed by atoms with Gasteiger partial charge in [-0.25, -0.2) is 9.97 Å². The summed E-state index contributed by atoms with van der Waals surface area (Å²) in [5, 5.41) is 2.23. The van der Waals surface area contributed by atoms with Gasteiger partial charge in [0, 0.05) is 17.8 Å². The van der Waals surface area contributed by atoms with Gasteiger partial charge < -0.3 is 0 Å². The van der Waals surface area contributed by atoms with Crippen molar-refractivity contribution in [2.24, 2.45) is 0 Å². The van der Waals surface area contributed by atoms with Crippen LogP contribution in [0.1, 0.15) is 0 Å². The van der Waals surface area contributed by atoms with Crippen LogP contribution in [0.4, 0.5) is 0 Å². The number of hydrogen-bond donors (Lipinski definition) is 0. The third kappa shape index (κ3) is 1.90. The second-order valence-corrected chi connectivity index (χ2v) is 6.27. The summed E-state index contributed by atoms with van der Waals surface area (Å²) >= 11 is 1.61.